The molecule has 0 saturated carbocycles. The summed E-state index contributed by atoms with van der Waals surface area (Å²) in [5.41, 5.74) is 2.58. The van der Waals surface area contributed by atoms with Crippen LogP contribution in [0.5, 0.6) is 11.5 Å². The zero-order valence-electron chi connectivity index (χ0n) is 14.5. The van der Waals surface area contributed by atoms with Gasteiger partial charge in [-0.05, 0) is 37.1 Å². The molecule has 8 nitrogen and oxygen atoms in total. The van der Waals surface area contributed by atoms with Gasteiger partial charge in [0, 0.05) is 31.0 Å². The van der Waals surface area contributed by atoms with Gasteiger partial charge in [0.05, 0.1) is 11.6 Å². The maximum Gasteiger partial charge on any atom is 0.308 e. The molecule has 1 unspecified atom stereocenters. The Hall–Kier alpha value is -3.29. The zero-order chi connectivity index (χ0) is 18.4. The molecule has 0 spiro atoms. The zero-order valence-corrected chi connectivity index (χ0v) is 14.5. The molecule has 138 valence electrons. The number of carboxylic acid groups (broad SMARTS) is 1. The number of carboxylic acids is 1. The van der Waals surface area contributed by atoms with Gasteiger partial charge in [0.25, 0.3) is 0 Å². The quantitative estimate of drug-likeness (QED) is 0.761. The number of anilines is 1. The number of aromatic nitrogens is 3. The molecule has 4 heterocycles. The smallest absolute Gasteiger partial charge is 0.308 e. The Labute approximate surface area is 155 Å². The predicted molar refractivity (Wildman–Crippen MR) is 97.1 cm³/mol. The number of aliphatic carboxylic acids is 1. The number of benzene rings is 1. The Kier molecular flexibility index (Phi) is 3.63. The summed E-state index contributed by atoms with van der Waals surface area (Å²) in [6, 6.07) is 7.72. The molecule has 0 amide bonds. The average Bonchev–Trinajstić information content (AvgIpc) is 3.33. The Morgan fingerprint density at radius 1 is 1.22 bits per heavy atom. The topological polar surface area (TPSA) is 89.2 Å². The summed E-state index contributed by atoms with van der Waals surface area (Å²) in [5.74, 6) is 1.10. The molecule has 3 aromatic rings. The first-order valence-electron chi connectivity index (χ1n) is 8.91. The molecule has 0 aliphatic carbocycles. The minimum absolute atomic E-state index is 0.234. The molecule has 27 heavy (non-hydrogen) atoms. The average molecular weight is 366 g/mol. The van der Waals surface area contributed by atoms with E-state index in [4.69, 9.17) is 9.47 Å². The minimum atomic E-state index is -0.749. The van der Waals surface area contributed by atoms with Crippen LogP contribution in [0.4, 0.5) is 5.82 Å². The van der Waals surface area contributed by atoms with Crippen LogP contribution in [-0.2, 0) is 4.79 Å². The number of hydrogen-bond acceptors (Lipinski definition) is 6. The highest BCUT2D eigenvalue weighted by atomic mass is 16.7. The maximum atomic E-state index is 11.4. The van der Waals surface area contributed by atoms with Crippen molar-refractivity contribution in [2.24, 2.45) is 5.92 Å². The van der Waals surface area contributed by atoms with E-state index in [-0.39, 0.29) is 12.7 Å². The normalized spacial score (nSPS) is 18.8. The molecule has 1 aromatic carbocycles. The van der Waals surface area contributed by atoms with Crippen LogP contribution in [0.25, 0.3) is 16.8 Å². The van der Waals surface area contributed by atoms with Gasteiger partial charge in [0.15, 0.2) is 17.3 Å². The van der Waals surface area contributed by atoms with Crippen molar-refractivity contribution in [2.45, 2.75) is 12.8 Å². The van der Waals surface area contributed by atoms with Crippen molar-refractivity contribution in [3.8, 4) is 22.8 Å². The lowest BCUT2D eigenvalue weighted by molar-refractivity contribution is -0.141. The Morgan fingerprint density at radius 2 is 2.11 bits per heavy atom. The van der Waals surface area contributed by atoms with Gasteiger partial charge in [-0.1, -0.05) is 0 Å². The summed E-state index contributed by atoms with van der Waals surface area (Å²) < 4.78 is 12.6. The van der Waals surface area contributed by atoms with Gasteiger partial charge in [0.2, 0.25) is 6.79 Å². The summed E-state index contributed by atoms with van der Waals surface area (Å²) in [4.78, 5) is 18.0. The highest BCUT2D eigenvalue weighted by Gasteiger charge is 2.27. The first kappa shape index (κ1) is 15.9. The van der Waals surface area contributed by atoms with Gasteiger partial charge in [-0.2, -0.15) is 5.10 Å². The molecule has 2 aromatic heterocycles. The monoisotopic (exact) mass is 366 g/mol. The lowest BCUT2D eigenvalue weighted by Crippen LogP contribution is -2.39. The van der Waals surface area contributed by atoms with Crippen molar-refractivity contribution < 1.29 is 19.4 Å². The van der Waals surface area contributed by atoms with Gasteiger partial charge >= 0.3 is 5.97 Å². The fourth-order valence-electron chi connectivity index (χ4n) is 3.72. The summed E-state index contributed by atoms with van der Waals surface area (Å²) in [6.45, 7) is 1.49. The van der Waals surface area contributed by atoms with E-state index in [1.807, 2.05) is 29.2 Å². The summed E-state index contributed by atoms with van der Waals surface area (Å²) in [7, 11) is 0. The Balaban J connectivity index is 1.53. The van der Waals surface area contributed by atoms with E-state index in [0.717, 1.165) is 41.3 Å². The molecular formula is C19H18N4O4. The molecule has 2 aliphatic heterocycles. The highest BCUT2D eigenvalue weighted by Crippen LogP contribution is 2.36. The number of nitrogens with zero attached hydrogens (tertiary/aromatic N) is 4. The number of carbonyl (C=O) groups is 1. The van der Waals surface area contributed by atoms with E-state index >= 15 is 0 Å². The molecule has 1 saturated heterocycles. The van der Waals surface area contributed by atoms with Crippen LogP contribution in [0.2, 0.25) is 0 Å². The predicted octanol–water partition coefficient (Wildman–Crippen LogP) is 2.43. The van der Waals surface area contributed by atoms with Crippen LogP contribution in [0.3, 0.4) is 0 Å². The largest absolute Gasteiger partial charge is 0.481 e. The standard InChI is InChI=1S/C19H18N4O4/c24-19(25)13-2-1-6-22(10-13)18-15-9-14(21-23(15)7-5-20-18)12-3-4-16-17(8-12)27-11-26-16/h3-5,7-9,13H,1-2,6,10-11H2,(H,24,25). The molecule has 1 N–H and O–H groups in total. The number of fused-ring (bicyclic) bond motifs is 2. The van der Waals surface area contributed by atoms with Gasteiger partial charge < -0.3 is 19.5 Å². The second-order valence-electron chi connectivity index (χ2n) is 6.80. The summed E-state index contributed by atoms with van der Waals surface area (Å²) >= 11 is 0. The first-order chi connectivity index (χ1) is 13.2. The van der Waals surface area contributed by atoms with Crippen LogP contribution >= 0.6 is 0 Å². The van der Waals surface area contributed by atoms with Crippen molar-refractivity contribution in [1.82, 2.24) is 14.6 Å². The van der Waals surface area contributed by atoms with Gasteiger partial charge in [-0.3, -0.25) is 4.79 Å². The molecule has 8 heteroatoms. The SMILES string of the molecule is O=C(O)C1CCCN(c2nccn3nc(-c4ccc5c(c4)OCO5)cc23)C1. The Morgan fingerprint density at radius 3 is 3.00 bits per heavy atom. The highest BCUT2D eigenvalue weighted by molar-refractivity contribution is 5.77. The van der Waals surface area contributed by atoms with Crippen molar-refractivity contribution in [3.05, 3.63) is 36.7 Å². The fraction of sp³-hybridized carbons (Fsp3) is 0.316. The van der Waals surface area contributed by atoms with E-state index in [9.17, 15) is 9.90 Å². The minimum Gasteiger partial charge on any atom is -0.481 e. The van der Waals surface area contributed by atoms with Crippen LogP contribution in [0, 0.1) is 5.92 Å². The maximum absolute atomic E-state index is 11.4. The number of hydrogen-bond donors (Lipinski definition) is 1. The third kappa shape index (κ3) is 2.73. The first-order valence-corrected chi connectivity index (χ1v) is 8.91. The van der Waals surface area contributed by atoms with E-state index in [0.29, 0.717) is 18.7 Å². The molecule has 5 rings (SSSR count). The molecule has 2 aliphatic rings. The number of piperidine rings is 1. The molecular weight excluding hydrogens is 348 g/mol. The van der Waals surface area contributed by atoms with Gasteiger partial charge in [0.1, 0.15) is 5.52 Å². The summed E-state index contributed by atoms with van der Waals surface area (Å²) in [5, 5.41) is 14.0. The second kappa shape index (κ2) is 6.15. The van der Waals surface area contributed by atoms with E-state index in [2.05, 4.69) is 10.1 Å². The van der Waals surface area contributed by atoms with Gasteiger partial charge in [-0.15, -0.1) is 0 Å². The van der Waals surface area contributed by atoms with E-state index in [1.54, 1.807) is 16.9 Å². The van der Waals surface area contributed by atoms with Crippen LogP contribution in [0.15, 0.2) is 36.7 Å². The third-order valence-electron chi connectivity index (χ3n) is 5.11. The van der Waals surface area contributed by atoms with Crippen molar-refractivity contribution in [1.29, 1.82) is 0 Å². The molecule has 0 radical (unpaired) electrons. The van der Waals surface area contributed by atoms with Crippen LogP contribution in [-0.4, -0.2) is 45.6 Å². The lowest BCUT2D eigenvalue weighted by Gasteiger charge is -2.31. The number of rotatable bonds is 3. The van der Waals surface area contributed by atoms with E-state index in [1.165, 1.54) is 0 Å². The molecule has 0 bridgehead atoms. The third-order valence-corrected chi connectivity index (χ3v) is 5.11. The van der Waals surface area contributed by atoms with Crippen LogP contribution in [0.1, 0.15) is 12.8 Å². The van der Waals surface area contributed by atoms with Crippen LogP contribution < -0.4 is 14.4 Å². The number of ether oxygens (including phenoxy) is 2. The Bertz CT molecular complexity index is 1030. The van der Waals surface area contributed by atoms with E-state index < -0.39 is 5.97 Å². The van der Waals surface area contributed by atoms with Crippen molar-refractivity contribution >= 4 is 17.3 Å². The summed E-state index contributed by atoms with van der Waals surface area (Å²) in [6.07, 6.45) is 5.04. The molecule has 1 atom stereocenters. The van der Waals surface area contributed by atoms with Crippen molar-refractivity contribution in [2.75, 3.05) is 24.8 Å². The fourth-order valence-corrected chi connectivity index (χ4v) is 3.72. The van der Waals surface area contributed by atoms with Gasteiger partial charge in [-0.25, -0.2) is 9.50 Å². The molecule has 1 fully saturated rings. The lowest BCUT2D eigenvalue weighted by atomic mass is 9.98. The second-order valence-corrected chi connectivity index (χ2v) is 6.80. The van der Waals surface area contributed by atoms with Crippen molar-refractivity contribution in [3.63, 3.8) is 0 Å².